The smallest absolute Gasteiger partial charge is 0.119 e. The topological polar surface area (TPSA) is 24.9 Å². The fraction of sp³-hybridized carbons (Fsp3) is 0. The van der Waals surface area contributed by atoms with E-state index in [1.54, 1.807) is 23.1 Å². The largest absolute Gasteiger partial charge is 0.348 e. The van der Waals surface area contributed by atoms with Crippen LogP contribution in [-0.4, -0.2) is 4.98 Å². The number of nitrogens with one attached hydrogen (secondary N) is 1. The van der Waals surface area contributed by atoms with Crippen molar-refractivity contribution in [1.82, 2.24) is 4.98 Å². The third-order valence-electron chi connectivity index (χ3n) is 3.92. The number of hydrogen-bond acceptors (Lipinski definition) is 4. The zero-order valence-corrected chi connectivity index (χ0v) is 13.7. The standard InChI is InChI=1S/C19H12N2S2/c1-2-6-13-12(5-1)9-10-16-19(13)21-18(23-16)11-17-20-14-7-3-4-8-15(14)22-17/h1-11,21H. The van der Waals surface area contributed by atoms with E-state index < -0.39 is 0 Å². The Labute approximate surface area is 141 Å². The quantitative estimate of drug-likeness (QED) is 0.465. The third kappa shape index (κ3) is 2.22. The Morgan fingerprint density at radius 1 is 0.913 bits per heavy atom. The molecule has 0 fully saturated rings. The highest BCUT2D eigenvalue weighted by Crippen LogP contribution is 2.45. The number of aromatic nitrogens is 1. The van der Waals surface area contributed by atoms with Gasteiger partial charge in [0, 0.05) is 16.4 Å². The predicted molar refractivity (Wildman–Crippen MR) is 101 cm³/mol. The molecule has 2 heterocycles. The monoisotopic (exact) mass is 332 g/mol. The van der Waals surface area contributed by atoms with Crippen LogP contribution in [0.2, 0.25) is 0 Å². The van der Waals surface area contributed by atoms with Crippen LogP contribution in [0.1, 0.15) is 5.01 Å². The van der Waals surface area contributed by atoms with E-state index in [-0.39, 0.29) is 0 Å². The maximum atomic E-state index is 4.69. The maximum Gasteiger partial charge on any atom is 0.119 e. The molecular formula is C19H12N2S2. The zero-order valence-electron chi connectivity index (χ0n) is 12.1. The lowest BCUT2D eigenvalue weighted by atomic mass is 10.1. The van der Waals surface area contributed by atoms with Gasteiger partial charge in [-0.15, -0.1) is 11.3 Å². The van der Waals surface area contributed by atoms with E-state index >= 15 is 0 Å². The molecule has 0 amide bonds. The van der Waals surface area contributed by atoms with Gasteiger partial charge in [-0.3, -0.25) is 0 Å². The SMILES string of the molecule is C(=C1Nc2c(ccc3ccccc23)S1)c1nc2ccccc2s1. The lowest BCUT2D eigenvalue weighted by Crippen LogP contribution is -1.89. The molecule has 2 nitrogen and oxygen atoms in total. The minimum Gasteiger partial charge on any atom is -0.348 e. The second-order valence-corrected chi connectivity index (χ2v) is 7.56. The van der Waals surface area contributed by atoms with Gasteiger partial charge in [-0.1, -0.05) is 54.2 Å². The van der Waals surface area contributed by atoms with Crippen LogP contribution < -0.4 is 5.32 Å². The third-order valence-corrected chi connectivity index (χ3v) is 5.91. The molecule has 4 aromatic rings. The van der Waals surface area contributed by atoms with E-state index in [2.05, 4.69) is 66.0 Å². The number of hydrogen-bond donors (Lipinski definition) is 1. The Morgan fingerprint density at radius 2 is 1.78 bits per heavy atom. The van der Waals surface area contributed by atoms with E-state index in [4.69, 9.17) is 4.98 Å². The van der Waals surface area contributed by atoms with Crippen molar-refractivity contribution < 1.29 is 0 Å². The number of thiazole rings is 1. The first kappa shape index (κ1) is 13.2. The van der Waals surface area contributed by atoms with E-state index in [1.165, 1.54) is 26.1 Å². The Kier molecular flexibility index (Phi) is 2.93. The van der Waals surface area contributed by atoms with Crippen LogP contribution >= 0.6 is 23.1 Å². The summed E-state index contributed by atoms with van der Waals surface area (Å²) in [5.41, 5.74) is 2.27. The van der Waals surface area contributed by atoms with Crippen LogP contribution in [0.5, 0.6) is 0 Å². The Bertz CT molecular complexity index is 1050. The van der Waals surface area contributed by atoms with Gasteiger partial charge < -0.3 is 5.32 Å². The normalized spacial score (nSPS) is 15.2. The van der Waals surface area contributed by atoms with E-state index in [9.17, 15) is 0 Å². The van der Waals surface area contributed by atoms with Crippen molar-refractivity contribution in [2.45, 2.75) is 4.90 Å². The summed E-state index contributed by atoms with van der Waals surface area (Å²) >= 11 is 3.50. The maximum absolute atomic E-state index is 4.69. The molecule has 1 N–H and O–H groups in total. The van der Waals surface area contributed by atoms with Gasteiger partial charge in [0.05, 0.1) is 20.9 Å². The summed E-state index contributed by atoms with van der Waals surface area (Å²) in [7, 11) is 0. The van der Waals surface area contributed by atoms with Gasteiger partial charge in [0.25, 0.3) is 0 Å². The molecule has 110 valence electrons. The second-order valence-electron chi connectivity index (χ2n) is 5.42. The first-order chi connectivity index (χ1) is 11.4. The predicted octanol–water partition coefficient (Wildman–Crippen LogP) is 5.97. The van der Waals surface area contributed by atoms with Gasteiger partial charge in [0.1, 0.15) is 5.01 Å². The fourth-order valence-electron chi connectivity index (χ4n) is 2.86. The molecule has 0 aliphatic carbocycles. The highest BCUT2D eigenvalue weighted by atomic mass is 32.2. The van der Waals surface area contributed by atoms with Gasteiger partial charge in [0.2, 0.25) is 0 Å². The average Bonchev–Trinajstić information content (AvgIpc) is 3.17. The molecule has 1 aromatic heterocycles. The summed E-state index contributed by atoms with van der Waals surface area (Å²) in [5.74, 6) is 0. The van der Waals surface area contributed by atoms with Gasteiger partial charge in [-0.25, -0.2) is 4.98 Å². The molecule has 1 aliphatic rings. The molecular weight excluding hydrogens is 320 g/mol. The van der Waals surface area contributed by atoms with Crippen molar-refractivity contribution in [3.63, 3.8) is 0 Å². The molecule has 0 radical (unpaired) electrons. The van der Waals surface area contributed by atoms with Crippen molar-refractivity contribution in [3.05, 3.63) is 70.7 Å². The molecule has 3 aromatic carbocycles. The lowest BCUT2D eigenvalue weighted by molar-refractivity contribution is 1.45. The van der Waals surface area contributed by atoms with Crippen LogP contribution in [0.15, 0.2) is 70.6 Å². The fourth-order valence-corrected chi connectivity index (χ4v) is 4.81. The molecule has 1 aliphatic heterocycles. The van der Waals surface area contributed by atoms with Gasteiger partial charge >= 0.3 is 0 Å². The number of anilines is 1. The number of rotatable bonds is 1. The Morgan fingerprint density at radius 3 is 2.74 bits per heavy atom. The first-order valence-electron chi connectivity index (χ1n) is 7.41. The van der Waals surface area contributed by atoms with Crippen LogP contribution in [0.3, 0.4) is 0 Å². The summed E-state index contributed by atoms with van der Waals surface area (Å²) in [5, 5.41) is 8.27. The summed E-state index contributed by atoms with van der Waals surface area (Å²) < 4.78 is 1.23. The molecule has 0 atom stereocenters. The van der Waals surface area contributed by atoms with E-state index in [1.807, 2.05) is 6.07 Å². The van der Waals surface area contributed by atoms with Gasteiger partial charge in [-0.2, -0.15) is 0 Å². The Hall–Kier alpha value is -2.30. The number of fused-ring (bicyclic) bond motifs is 4. The average molecular weight is 332 g/mol. The van der Waals surface area contributed by atoms with Crippen LogP contribution in [0.4, 0.5) is 5.69 Å². The number of thioether (sulfide) groups is 1. The lowest BCUT2D eigenvalue weighted by Gasteiger charge is -2.03. The number of para-hydroxylation sites is 1. The van der Waals surface area contributed by atoms with E-state index in [0.717, 1.165) is 15.6 Å². The van der Waals surface area contributed by atoms with Crippen LogP contribution in [-0.2, 0) is 0 Å². The van der Waals surface area contributed by atoms with Gasteiger partial charge in [-0.05, 0) is 23.6 Å². The van der Waals surface area contributed by atoms with Crippen molar-refractivity contribution in [3.8, 4) is 0 Å². The van der Waals surface area contributed by atoms with Crippen molar-refractivity contribution in [2.24, 2.45) is 0 Å². The van der Waals surface area contributed by atoms with Crippen molar-refractivity contribution in [1.29, 1.82) is 0 Å². The number of nitrogens with zero attached hydrogens (tertiary/aromatic N) is 1. The van der Waals surface area contributed by atoms with Crippen LogP contribution in [0.25, 0.3) is 27.1 Å². The highest BCUT2D eigenvalue weighted by Gasteiger charge is 2.18. The minimum absolute atomic E-state index is 1.04. The molecule has 0 bridgehead atoms. The Balaban J connectivity index is 1.56. The van der Waals surface area contributed by atoms with Gasteiger partial charge in [0.15, 0.2) is 0 Å². The first-order valence-corrected chi connectivity index (χ1v) is 9.04. The summed E-state index contributed by atoms with van der Waals surface area (Å²) in [6.45, 7) is 0. The summed E-state index contributed by atoms with van der Waals surface area (Å²) in [6, 6.07) is 21.1. The molecule has 0 unspecified atom stereocenters. The molecule has 0 saturated heterocycles. The van der Waals surface area contributed by atoms with Crippen LogP contribution in [0, 0.1) is 0 Å². The molecule has 5 rings (SSSR count). The number of benzene rings is 3. The molecule has 0 saturated carbocycles. The van der Waals surface area contributed by atoms with Crippen molar-refractivity contribution in [2.75, 3.05) is 5.32 Å². The summed E-state index contributed by atoms with van der Waals surface area (Å²) in [6.07, 6.45) is 2.14. The highest BCUT2D eigenvalue weighted by molar-refractivity contribution is 8.04. The summed E-state index contributed by atoms with van der Waals surface area (Å²) in [4.78, 5) is 5.96. The molecule has 0 spiro atoms. The molecule has 4 heteroatoms. The molecule has 23 heavy (non-hydrogen) atoms. The minimum atomic E-state index is 1.04. The zero-order chi connectivity index (χ0) is 15.2. The second kappa shape index (κ2) is 5.11. The van der Waals surface area contributed by atoms with E-state index in [0.29, 0.717) is 0 Å². The van der Waals surface area contributed by atoms with Crippen molar-refractivity contribution >= 4 is 55.9 Å².